The second kappa shape index (κ2) is 15.5. The number of aromatic amines is 2. The lowest BCUT2D eigenvalue weighted by atomic mass is 9.98. The maximum absolute atomic E-state index is 13.4. The van der Waals surface area contributed by atoms with Crippen molar-refractivity contribution in [3.63, 3.8) is 0 Å². The summed E-state index contributed by atoms with van der Waals surface area (Å²) in [5.74, 6) is 0.700. The highest BCUT2D eigenvalue weighted by Gasteiger charge is 2.38. The second-order valence-electron chi connectivity index (χ2n) is 15.1. The van der Waals surface area contributed by atoms with Crippen LogP contribution in [0.5, 0.6) is 0 Å². The van der Waals surface area contributed by atoms with Crippen LogP contribution in [0, 0.1) is 5.92 Å². The molecule has 12 heteroatoms. The third-order valence-electron chi connectivity index (χ3n) is 11.1. The Morgan fingerprint density at radius 1 is 0.696 bits per heavy atom. The van der Waals surface area contributed by atoms with Gasteiger partial charge < -0.3 is 35.3 Å². The average Bonchev–Trinajstić information content (AvgIpc) is 4.06. The molecule has 0 spiro atoms. The molecule has 0 radical (unpaired) electrons. The molecular formula is C44H45N7O5. The third kappa shape index (κ3) is 7.27. The minimum Gasteiger partial charge on any atom is -0.465 e. The first-order valence-electron chi connectivity index (χ1n) is 19.2. The van der Waals surface area contributed by atoms with Crippen molar-refractivity contribution in [2.45, 2.75) is 63.8 Å². The van der Waals surface area contributed by atoms with Gasteiger partial charge in [-0.15, -0.1) is 0 Å². The van der Waals surface area contributed by atoms with Crippen molar-refractivity contribution < 1.29 is 24.6 Å². The summed E-state index contributed by atoms with van der Waals surface area (Å²) in [6, 6.07) is 28.8. The summed E-state index contributed by atoms with van der Waals surface area (Å²) in [7, 11) is 0. The van der Waals surface area contributed by atoms with Crippen molar-refractivity contribution >= 4 is 28.7 Å². The number of H-pyrrole nitrogens is 2. The average molecular weight is 752 g/mol. The van der Waals surface area contributed by atoms with Crippen molar-refractivity contribution in [1.29, 1.82) is 0 Å². The molecule has 2 aliphatic heterocycles. The molecule has 2 fully saturated rings. The van der Waals surface area contributed by atoms with E-state index in [9.17, 15) is 24.6 Å². The van der Waals surface area contributed by atoms with Gasteiger partial charge in [-0.3, -0.25) is 9.59 Å². The van der Waals surface area contributed by atoms with E-state index < -0.39 is 18.2 Å². The zero-order chi connectivity index (χ0) is 38.9. The molecule has 4 heterocycles. The Hall–Kier alpha value is -6.27. The smallest absolute Gasteiger partial charge is 0.405 e. The molecule has 2 saturated heterocycles. The first-order valence-corrected chi connectivity index (χ1v) is 19.2. The number of nitrogens with one attached hydrogen (secondary N) is 3. The van der Waals surface area contributed by atoms with Gasteiger partial charge in [0.2, 0.25) is 5.91 Å². The third-order valence-corrected chi connectivity index (χ3v) is 11.1. The SMILES string of the molecule is CC(C)C(NC(=O)O)C(=O)N1CCCC1c1ncc(-c2ccc3cc(-c4ccc(-c5cnc(C6CCCN6C(=O)C(O)c6ccccc6)[nH]5)cc4)ccc3c2)[nH]1. The van der Waals surface area contributed by atoms with Gasteiger partial charge in [-0.2, -0.15) is 0 Å². The standard InChI is InChI=1S/C44H45N7O5/c1-26(2)38(49-44(55)56)42(53)50-20-6-10-36(50)40-46-25-35(48-40)33-19-18-31-22-30(16-17-32(31)23-33)27-12-14-28(15-13-27)34-24-45-41(47-34)37-11-7-21-51(37)43(54)39(52)29-8-4-3-5-9-29/h3-5,8-9,12-19,22-26,36-39,49,52H,6-7,10-11,20-21H2,1-2H3,(H,45,47)(H,46,48)(H,55,56). The van der Waals surface area contributed by atoms with Crippen LogP contribution in [-0.4, -0.2) is 77.0 Å². The lowest BCUT2D eigenvalue weighted by Gasteiger charge is -2.29. The van der Waals surface area contributed by atoms with Crippen molar-refractivity contribution in [2.24, 2.45) is 5.92 Å². The van der Waals surface area contributed by atoms with E-state index in [1.807, 2.05) is 32.0 Å². The normalized spacial score (nSPS) is 18.1. The number of carboxylic acid groups (broad SMARTS) is 1. The van der Waals surface area contributed by atoms with Crippen molar-refractivity contribution in [3.05, 3.63) is 121 Å². The Kier molecular flexibility index (Phi) is 10.1. The van der Waals surface area contributed by atoms with Crippen LogP contribution in [0.15, 0.2) is 103 Å². The molecule has 2 aliphatic rings. The molecule has 56 heavy (non-hydrogen) atoms. The Bertz CT molecular complexity index is 2370. The fourth-order valence-corrected chi connectivity index (χ4v) is 8.13. The van der Waals surface area contributed by atoms with Crippen molar-refractivity contribution in [3.8, 4) is 33.6 Å². The first kappa shape index (κ1) is 36.7. The van der Waals surface area contributed by atoms with Gasteiger partial charge >= 0.3 is 6.09 Å². The van der Waals surface area contributed by atoms with Crippen LogP contribution in [0.4, 0.5) is 4.79 Å². The molecule has 4 aromatic carbocycles. The van der Waals surface area contributed by atoms with Gasteiger partial charge in [0.15, 0.2) is 6.10 Å². The van der Waals surface area contributed by atoms with Crippen LogP contribution in [-0.2, 0) is 9.59 Å². The Labute approximate surface area is 324 Å². The number of carbonyl (C=O) groups excluding carboxylic acids is 2. The van der Waals surface area contributed by atoms with Crippen LogP contribution in [0.1, 0.15) is 74.9 Å². The number of hydrogen-bond donors (Lipinski definition) is 5. The zero-order valence-corrected chi connectivity index (χ0v) is 31.4. The Morgan fingerprint density at radius 3 is 1.80 bits per heavy atom. The molecule has 4 atom stereocenters. The topological polar surface area (TPSA) is 168 Å². The maximum atomic E-state index is 13.4. The van der Waals surface area contributed by atoms with Crippen molar-refractivity contribution in [2.75, 3.05) is 13.1 Å². The molecule has 5 N–H and O–H groups in total. The maximum Gasteiger partial charge on any atom is 0.405 e. The van der Waals surface area contributed by atoms with Gasteiger partial charge in [-0.05, 0) is 76.8 Å². The molecular weight excluding hydrogens is 707 g/mol. The number of carbonyl (C=O) groups is 3. The van der Waals surface area contributed by atoms with Gasteiger partial charge in [-0.1, -0.05) is 92.7 Å². The predicted molar refractivity (Wildman–Crippen MR) is 213 cm³/mol. The predicted octanol–water partition coefficient (Wildman–Crippen LogP) is 7.64. The van der Waals surface area contributed by atoms with Crippen LogP contribution >= 0.6 is 0 Å². The number of fused-ring (bicyclic) bond motifs is 1. The first-order chi connectivity index (χ1) is 27.1. The number of amides is 3. The molecule has 0 saturated carbocycles. The number of likely N-dealkylation sites (tertiary alicyclic amines) is 2. The second-order valence-corrected chi connectivity index (χ2v) is 15.1. The minimum absolute atomic E-state index is 0.183. The van der Waals surface area contributed by atoms with Crippen LogP contribution in [0.3, 0.4) is 0 Å². The summed E-state index contributed by atoms with van der Waals surface area (Å²) >= 11 is 0. The molecule has 286 valence electrons. The number of hydrogen-bond acceptors (Lipinski definition) is 6. The molecule has 0 aliphatic carbocycles. The molecule has 8 rings (SSSR count). The highest BCUT2D eigenvalue weighted by Crippen LogP contribution is 2.36. The summed E-state index contributed by atoms with van der Waals surface area (Å²) in [5.41, 5.74) is 6.43. The van der Waals surface area contributed by atoms with Crippen LogP contribution < -0.4 is 5.32 Å². The quantitative estimate of drug-likeness (QED) is 0.0959. The van der Waals surface area contributed by atoms with E-state index >= 15 is 0 Å². The Balaban J connectivity index is 0.944. The largest absolute Gasteiger partial charge is 0.465 e. The highest BCUT2D eigenvalue weighted by molar-refractivity contribution is 5.91. The van der Waals surface area contributed by atoms with E-state index in [0.29, 0.717) is 24.5 Å². The van der Waals surface area contributed by atoms with Gasteiger partial charge in [0, 0.05) is 18.7 Å². The van der Waals surface area contributed by atoms with Crippen LogP contribution in [0.2, 0.25) is 0 Å². The number of nitrogens with zero attached hydrogens (tertiary/aromatic N) is 4. The number of aliphatic hydroxyl groups is 1. The molecule has 0 bridgehead atoms. The van der Waals surface area contributed by atoms with Gasteiger partial charge in [-0.25, -0.2) is 14.8 Å². The van der Waals surface area contributed by atoms with Gasteiger partial charge in [0.05, 0.1) is 35.9 Å². The van der Waals surface area contributed by atoms with E-state index in [1.54, 1.807) is 34.3 Å². The van der Waals surface area contributed by atoms with E-state index in [-0.39, 0.29) is 29.8 Å². The minimum atomic E-state index is -1.21. The number of aromatic nitrogens is 4. The van der Waals surface area contributed by atoms with E-state index in [4.69, 9.17) is 0 Å². The lowest BCUT2D eigenvalue weighted by molar-refractivity contribution is -0.141. The zero-order valence-electron chi connectivity index (χ0n) is 31.4. The fourth-order valence-electron chi connectivity index (χ4n) is 8.13. The molecule has 4 unspecified atom stereocenters. The Morgan fingerprint density at radius 2 is 1.21 bits per heavy atom. The van der Waals surface area contributed by atoms with E-state index in [0.717, 1.165) is 75.9 Å². The van der Waals surface area contributed by atoms with Gasteiger partial charge in [0.25, 0.3) is 5.91 Å². The summed E-state index contributed by atoms with van der Waals surface area (Å²) in [6.45, 7) is 4.81. The summed E-state index contributed by atoms with van der Waals surface area (Å²) in [4.78, 5) is 57.8. The highest BCUT2D eigenvalue weighted by atomic mass is 16.4. The van der Waals surface area contributed by atoms with E-state index in [1.165, 1.54) is 0 Å². The lowest BCUT2D eigenvalue weighted by Crippen LogP contribution is -2.50. The number of aliphatic hydroxyl groups excluding tert-OH is 1. The van der Waals surface area contributed by atoms with Crippen molar-refractivity contribution in [1.82, 2.24) is 35.1 Å². The molecule has 2 aromatic heterocycles. The molecule has 12 nitrogen and oxygen atoms in total. The summed E-state index contributed by atoms with van der Waals surface area (Å²) in [6.07, 6.45) is 4.39. The molecule has 6 aromatic rings. The number of rotatable bonds is 10. The van der Waals surface area contributed by atoms with Gasteiger partial charge in [0.1, 0.15) is 17.7 Å². The van der Waals surface area contributed by atoms with Crippen LogP contribution in [0.25, 0.3) is 44.4 Å². The number of benzene rings is 4. The molecule has 3 amide bonds. The summed E-state index contributed by atoms with van der Waals surface area (Å²) < 4.78 is 0. The monoisotopic (exact) mass is 751 g/mol. The number of imidazole rings is 2. The summed E-state index contributed by atoms with van der Waals surface area (Å²) in [5, 5.41) is 24.7. The van der Waals surface area contributed by atoms with E-state index in [2.05, 4.69) is 85.9 Å². The fraction of sp³-hybridized carbons (Fsp3) is 0.295.